The van der Waals surface area contributed by atoms with Gasteiger partial charge in [0.25, 0.3) is 5.91 Å². The predicted octanol–water partition coefficient (Wildman–Crippen LogP) is 3.45. The molecule has 1 aliphatic heterocycles. The van der Waals surface area contributed by atoms with Crippen LogP contribution in [-0.2, 0) is 6.42 Å². The van der Waals surface area contributed by atoms with Crippen molar-refractivity contribution < 1.29 is 9.53 Å². The molecule has 0 bridgehead atoms. The Morgan fingerprint density at radius 1 is 1.30 bits per heavy atom. The number of carbonyl (C=O) groups is 1. The number of aromatic nitrogens is 1. The SMILES string of the molecule is COc1ccc(CC2CCN(C(=O)c3ccc(Cl)cn3)C2)cc1. The Labute approximate surface area is 141 Å². The number of hydrogen-bond acceptors (Lipinski definition) is 3. The standard InChI is InChI=1S/C18H19ClN2O2/c1-23-16-5-2-13(3-6-16)10-14-8-9-21(12-14)18(22)17-7-4-15(19)11-20-17/h2-7,11,14H,8-10,12H2,1H3. The molecule has 0 spiro atoms. The van der Waals surface area contributed by atoms with E-state index in [0.717, 1.165) is 31.7 Å². The molecule has 1 amide bonds. The Bertz CT molecular complexity index is 670. The summed E-state index contributed by atoms with van der Waals surface area (Å²) in [5.74, 6) is 1.34. The van der Waals surface area contributed by atoms with E-state index in [4.69, 9.17) is 16.3 Å². The van der Waals surface area contributed by atoms with Crippen LogP contribution in [0.5, 0.6) is 5.75 Å². The third kappa shape index (κ3) is 3.82. The number of carbonyl (C=O) groups excluding carboxylic acids is 1. The first kappa shape index (κ1) is 15.8. The maximum Gasteiger partial charge on any atom is 0.272 e. The summed E-state index contributed by atoms with van der Waals surface area (Å²) in [5, 5.41) is 0.542. The van der Waals surface area contributed by atoms with Crippen molar-refractivity contribution >= 4 is 17.5 Å². The molecule has 2 heterocycles. The highest BCUT2D eigenvalue weighted by molar-refractivity contribution is 6.30. The molecular weight excluding hydrogens is 312 g/mol. The summed E-state index contributed by atoms with van der Waals surface area (Å²) >= 11 is 5.81. The van der Waals surface area contributed by atoms with Gasteiger partial charge in [-0.15, -0.1) is 0 Å². The molecule has 1 aliphatic rings. The molecule has 23 heavy (non-hydrogen) atoms. The van der Waals surface area contributed by atoms with E-state index in [9.17, 15) is 4.79 Å². The molecule has 0 saturated carbocycles. The summed E-state index contributed by atoms with van der Waals surface area (Å²) < 4.78 is 5.18. The van der Waals surface area contributed by atoms with Gasteiger partial charge in [0, 0.05) is 19.3 Å². The summed E-state index contributed by atoms with van der Waals surface area (Å²) in [6.07, 6.45) is 3.51. The molecule has 2 aromatic rings. The molecule has 1 fully saturated rings. The Morgan fingerprint density at radius 3 is 2.74 bits per heavy atom. The van der Waals surface area contributed by atoms with E-state index in [0.29, 0.717) is 16.6 Å². The Kier molecular flexibility index (Phi) is 4.82. The van der Waals surface area contributed by atoms with Gasteiger partial charge in [-0.25, -0.2) is 4.98 Å². The van der Waals surface area contributed by atoms with Crippen molar-refractivity contribution in [3.63, 3.8) is 0 Å². The molecule has 5 heteroatoms. The van der Waals surface area contributed by atoms with Crippen LogP contribution in [0.25, 0.3) is 0 Å². The lowest BCUT2D eigenvalue weighted by Gasteiger charge is -2.16. The second kappa shape index (κ2) is 7.01. The van der Waals surface area contributed by atoms with Crippen LogP contribution in [0.15, 0.2) is 42.6 Å². The second-order valence-corrected chi connectivity index (χ2v) is 6.26. The zero-order chi connectivity index (χ0) is 16.2. The minimum atomic E-state index is -0.0149. The first-order valence-electron chi connectivity index (χ1n) is 7.69. The van der Waals surface area contributed by atoms with E-state index >= 15 is 0 Å². The van der Waals surface area contributed by atoms with E-state index in [-0.39, 0.29) is 5.91 Å². The minimum absolute atomic E-state index is 0.0149. The zero-order valence-corrected chi connectivity index (χ0v) is 13.8. The van der Waals surface area contributed by atoms with Crippen molar-refractivity contribution in [2.45, 2.75) is 12.8 Å². The van der Waals surface area contributed by atoms with Gasteiger partial charge in [0.15, 0.2) is 0 Å². The zero-order valence-electron chi connectivity index (χ0n) is 13.0. The van der Waals surface area contributed by atoms with Crippen LogP contribution in [-0.4, -0.2) is 36.0 Å². The normalized spacial score (nSPS) is 17.3. The number of hydrogen-bond donors (Lipinski definition) is 0. The fourth-order valence-electron chi connectivity index (χ4n) is 2.94. The molecule has 0 aliphatic carbocycles. The van der Waals surface area contributed by atoms with E-state index in [1.165, 1.54) is 11.8 Å². The number of amides is 1. The van der Waals surface area contributed by atoms with Crippen LogP contribution in [0, 0.1) is 5.92 Å². The molecule has 1 aromatic heterocycles. The van der Waals surface area contributed by atoms with Crippen LogP contribution in [0.4, 0.5) is 0 Å². The van der Waals surface area contributed by atoms with Crippen molar-refractivity contribution in [1.29, 1.82) is 0 Å². The van der Waals surface area contributed by atoms with Crippen LogP contribution in [0.3, 0.4) is 0 Å². The number of halogens is 1. The fourth-order valence-corrected chi connectivity index (χ4v) is 3.05. The highest BCUT2D eigenvalue weighted by Gasteiger charge is 2.27. The van der Waals surface area contributed by atoms with Crippen LogP contribution in [0.1, 0.15) is 22.5 Å². The summed E-state index contributed by atoms with van der Waals surface area (Å²) in [6, 6.07) is 11.5. The maximum absolute atomic E-state index is 12.4. The maximum atomic E-state index is 12.4. The molecular formula is C18H19ClN2O2. The van der Waals surface area contributed by atoms with E-state index in [1.54, 1.807) is 19.2 Å². The van der Waals surface area contributed by atoms with Crippen LogP contribution >= 0.6 is 11.6 Å². The summed E-state index contributed by atoms with van der Waals surface area (Å²) in [5.41, 5.74) is 1.73. The van der Waals surface area contributed by atoms with E-state index in [1.807, 2.05) is 17.0 Å². The average molecular weight is 331 g/mol. The second-order valence-electron chi connectivity index (χ2n) is 5.82. The summed E-state index contributed by atoms with van der Waals surface area (Å²) in [4.78, 5) is 18.4. The number of likely N-dealkylation sites (tertiary alicyclic amines) is 1. The first-order valence-corrected chi connectivity index (χ1v) is 8.07. The Balaban J connectivity index is 1.59. The lowest BCUT2D eigenvalue weighted by atomic mass is 9.99. The number of ether oxygens (including phenoxy) is 1. The quantitative estimate of drug-likeness (QED) is 0.862. The number of benzene rings is 1. The number of nitrogens with zero attached hydrogens (tertiary/aromatic N) is 2. The van der Waals surface area contributed by atoms with Crippen LogP contribution < -0.4 is 4.74 Å². The molecule has 3 rings (SSSR count). The highest BCUT2D eigenvalue weighted by Crippen LogP contribution is 2.23. The average Bonchev–Trinajstić information content (AvgIpc) is 3.04. The van der Waals surface area contributed by atoms with Gasteiger partial charge in [-0.2, -0.15) is 0 Å². The van der Waals surface area contributed by atoms with Crippen molar-refractivity contribution in [2.75, 3.05) is 20.2 Å². The van der Waals surface area contributed by atoms with Gasteiger partial charge in [-0.3, -0.25) is 4.79 Å². The number of pyridine rings is 1. The van der Waals surface area contributed by atoms with Crippen LogP contribution in [0.2, 0.25) is 5.02 Å². The molecule has 0 N–H and O–H groups in total. The minimum Gasteiger partial charge on any atom is -0.497 e. The molecule has 4 nitrogen and oxygen atoms in total. The van der Waals surface area contributed by atoms with Gasteiger partial charge in [-0.1, -0.05) is 23.7 Å². The van der Waals surface area contributed by atoms with Gasteiger partial charge >= 0.3 is 0 Å². The van der Waals surface area contributed by atoms with Gasteiger partial charge in [-0.05, 0) is 48.6 Å². The van der Waals surface area contributed by atoms with Gasteiger partial charge < -0.3 is 9.64 Å². The van der Waals surface area contributed by atoms with Gasteiger partial charge in [0.1, 0.15) is 11.4 Å². The molecule has 120 valence electrons. The monoisotopic (exact) mass is 330 g/mol. The third-order valence-corrected chi connectivity index (χ3v) is 4.43. The fraction of sp³-hybridized carbons (Fsp3) is 0.333. The van der Waals surface area contributed by atoms with Crippen molar-refractivity contribution in [3.05, 3.63) is 58.9 Å². The van der Waals surface area contributed by atoms with Gasteiger partial charge in [0.05, 0.1) is 12.1 Å². The Hall–Kier alpha value is -2.07. The summed E-state index contributed by atoms with van der Waals surface area (Å²) in [6.45, 7) is 1.55. The van der Waals surface area contributed by atoms with Crippen molar-refractivity contribution in [1.82, 2.24) is 9.88 Å². The molecule has 1 atom stereocenters. The molecule has 1 unspecified atom stereocenters. The lowest BCUT2D eigenvalue weighted by Crippen LogP contribution is -2.29. The highest BCUT2D eigenvalue weighted by atomic mass is 35.5. The lowest BCUT2D eigenvalue weighted by molar-refractivity contribution is 0.0781. The molecule has 1 saturated heterocycles. The smallest absolute Gasteiger partial charge is 0.272 e. The topological polar surface area (TPSA) is 42.4 Å². The molecule has 1 aromatic carbocycles. The summed E-state index contributed by atoms with van der Waals surface area (Å²) in [7, 11) is 1.67. The number of rotatable bonds is 4. The number of methoxy groups -OCH3 is 1. The Morgan fingerprint density at radius 2 is 2.09 bits per heavy atom. The molecule has 0 radical (unpaired) electrons. The van der Waals surface area contributed by atoms with Crippen molar-refractivity contribution in [2.24, 2.45) is 5.92 Å². The first-order chi connectivity index (χ1) is 11.2. The third-order valence-electron chi connectivity index (χ3n) is 4.20. The van der Waals surface area contributed by atoms with E-state index in [2.05, 4.69) is 17.1 Å². The van der Waals surface area contributed by atoms with E-state index < -0.39 is 0 Å². The largest absolute Gasteiger partial charge is 0.497 e. The van der Waals surface area contributed by atoms with Gasteiger partial charge in [0.2, 0.25) is 0 Å². The van der Waals surface area contributed by atoms with Crippen molar-refractivity contribution in [3.8, 4) is 5.75 Å². The predicted molar refractivity (Wildman–Crippen MR) is 90.0 cm³/mol.